The fourth-order valence-electron chi connectivity index (χ4n) is 4.38. The van der Waals surface area contributed by atoms with Crippen LogP contribution >= 0.6 is 15.9 Å². The van der Waals surface area contributed by atoms with Gasteiger partial charge in [-0.2, -0.15) is 0 Å². The number of hydrogen-bond acceptors (Lipinski definition) is 7. The third kappa shape index (κ3) is 5.63. The van der Waals surface area contributed by atoms with Crippen molar-refractivity contribution in [3.05, 3.63) is 128 Å². The van der Waals surface area contributed by atoms with E-state index in [1.54, 1.807) is 84.9 Å². The zero-order valence-electron chi connectivity index (χ0n) is 22.1. The number of ether oxygens (including phenoxy) is 2. The number of barbiturate groups is 1. The van der Waals surface area contributed by atoms with E-state index in [1.807, 2.05) is 0 Å². The second-order valence-electron chi connectivity index (χ2n) is 9.04. The van der Waals surface area contributed by atoms with Gasteiger partial charge in [-0.3, -0.25) is 19.7 Å². The smallest absolute Gasteiger partial charge is 0.343 e. The maximum absolute atomic E-state index is 13.6. The van der Waals surface area contributed by atoms with Gasteiger partial charge in [-0.15, -0.1) is 0 Å². The standard InChI is InChI=1S/C31H22BrN3O7/c1-41-27-18-21(17-26(32)28(27)42-19-20-9-8-14-24(15-20)35(39)40)16-25-29(36)33(22-10-4-2-5-11-22)31(38)34(30(25)37)23-12-6-3-7-13-23/h2-18H,19H2,1H3. The summed E-state index contributed by atoms with van der Waals surface area (Å²) in [7, 11) is 1.43. The van der Waals surface area contributed by atoms with E-state index in [1.165, 1.54) is 25.3 Å². The molecule has 4 aromatic carbocycles. The van der Waals surface area contributed by atoms with Gasteiger partial charge in [0, 0.05) is 12.1 Å². The minimum Gasteiger partial charge on any atom is -0.493 e. The summed E-state index contributed by atoms with van der Waals surface area (Å²) in [6.07, 6.45) is 1.39. The lowest BCUT2D eigenvalue weighted by molar-refractivity contribution is -0.384. The lowest BCUT2D eigenvalue weighted by atomic mass is 10.0. The number of imide groups is 2. The van der Waals surface area contributed by atoms with Crippen LogP contribution in [0.25, 0.3) is 6.08 Å². The van der Waals surface area contributed by atoms with E-state index in [4.69, 9.17) is 9.47 Å². The molecular formula is C31H22BrN3O7. The van der Waals surface area contributed by atoms with Gasteiger partial charge in [0.2, 0.25) is 0 Å². The number of nitrogens with zero attached hydrogens (tertiary/aromatic N) is 3. The Morgan fingerprint density at radius 3 is 1.98 bits per heavy atom. The maximum atomic E-state index is 13.6. The molecule has 0 aliphatic carbocycles. The number of carbonyl (C=O) groups is 3. The lowest BCUT2D eigenvalue weighted by Gasteiger charge is -2.34. The number of carbonyl (C=O) groups excluding carboxylic acids is 3. The highest BCUT2D eigenvalue weighted by molar-refractivity contribution is 9.10. The fraction of sp³-hybridized carbons (Fsp3) is 0.0645. The average molecular weight is 628 g/mol. The number of hydrogen-bond donors (Lipinski definition) is 0. The molecule has 1 fully saturated rings. The molecule has 4 amide bonds. The summed E-state index contributed by atoms with van der Waals surface area (Å²) >= 11 is 3.46. The van der Waals surface area contributed by atoms with Gasteiger partial charge in [-0.25, -0.2) is 14.6 Å². The van der Waals surface area contributed by atoms with Crippen molar-refractivity contribution in [2.75, 3.05) is 16.9 Å². The molecule has 1 aliphatic heterocycles. The Hall–Kier alpha value is -5.29. The van der Waals surface area contributed by atoms with Crippen LogP contribution in [0.2, 0.25) is 0 Å². The van der Waals surface area contributed by atoms with E-state index >= 15 is 0 Å². The van der Waals surface area contributed by atoms with Crippen LogP contribution in [0.4, 0.5) is 21.9 Å². The Morgan fingerprint density at radius 2 is 1.43 bits per heavy atom. The third-order valence-electron chi connectivity index (χ3n) is 6.35. The molecule has 5 rings (SSSR count). The van der Waals surface area contributed by atoms with E-state index < -0.39 is 22.8 Å². The van der Waals surface area contributed by atoms with Gasteiger partial charge in [0.05, 0.1) is 27.9 Å². The molecule has 11 heteroatoms. The Bertz CT molecular complexity index is 1660. The van der Waals surface area contributed by atoms with Crippen LogP contribution in [-0.4, -0.2) is 29.9 Å². The maximum Gasteiger partial charge on any atom is 0.343 e. The highest BCUT2D eigenvalue weighted by atomic mass is 79.9. The van der Waals surface area contributed by atoms with Gasteiger partial charge in [-0.05, 0) is 69.5 Å². The number of urea groups is 1. The summed E-state index contributed by atoms with van der Waals surface area (Å²) in [6.45, 7) is 0.0221. The van der Waals surface area contributed by atoms with E-state index in [0.29, 0.717) is 32.7 Å². The van der Waals surface area contributed by atoms with Crippen LogP contribution < -0.4 is 19.3 Å². The van der Waals surface area contributed by atoms with E-state index in [9.17, 15) is 24.5 Å². The molecule has 0 unspecified atom stereocenters. The molecule has 0 aromatic heterocycles. The number of nitro benzene ring substituents is 1. The Morgan fingerprint density at radius 1 is 0.833 bits per heavy atom. The first-order chi connectivity index (χ1) is 20.3. The van der Waals surface area contributed by atoms with Crippen molar-refractivity contribution in [1.29, 1.82) is 0 Å². The topological polar surface area (TPSA) is 119 Å². The molecule has 0 atom stereocenters. The Balaban J connectivity index is 1.52. The largest absolute Gasteiger partial charge is 0.493 e. The summed E-state index contributed by atoms with van der Waals surface area (Å²) < 4.78 is 11.9. The predicted molar refractivity (Wildman–Crippen MR) is 159 cm³/mol. The second kappa shape index (κ2) is 12.1. The number of methoxy groups -OCH3 is 1. The van der Waals surface area contributed by atoms with Crippen molar-refractivity contribution in [2.45, 2.75) is 6.61 Å². The molecule has 42 heavy (non-hydrogen) atoms. The van der Waals surface area contributed by atoms with Crippen molar-refractivity contribution in [2.24, 2.45) is 0 Å². The van der Waals surface area contributed by atoms with Crippen LogP contribution in [0, 0.1) is 10.1 Å². The normalized spacial score (nSPS) is 13.3. The molecule has 0 saturated carbocycles. The zero-order valence-corrected chi connectivity index (χ0v) is 23.7. The molecular weight excluding hydrogens is 606 g/mol. The van der Waals surface area contributed by atoms with Crippen LogP contribution in [0.15, 0.2) is 107 Å². The number of amides is 4. The molecule has 0 radical (unpaired) electrons. The highest BCUT2D eigenvalue weighted by Crippen LogP contribution is 2.38. The van der Waals surface area contributed by atoms with Gasteiger partial charge in [0.1, 0.15) is 12.2 Å². The third-order valence-corrected chi connectivity index (χ3v) is 6.93. The molecule has 1 aliphatic rings. The zero-order chi connectivity index (χ0) is 29.8. The second-order valence-corrected chi connectivity index (χ2v) is 9.90. The average Bonchev–Trinajstić information content (AvgIpc) is 2.99. The summed E-state index contributed by atoms with van der Waals surface area (Å²) in [5, 5.41) is 11.1. The minimum atomic E-state index is -0.789. The predicted octanol–water partition coefficient (Wildman–Crippen LogP) is 6.53. The number of para-hydroxylation sites is 2. The van der Waals surface area contributed by atoms with Gasteiger partial charge < -0.3 is 9.47 Å². The molecule has 4 aromatic rings. The van der Waals surface area contributed by atoms with Gasteiger partial charge >= 0.3 is 6.03 Å². The highest BCUT2D eigenvalue weighted by Gasteiger charge is 2.43. The molecule has 210 valence electrons. The number of rotatable bonds is 8. The van der Waals surface area contributed by atoms with Crippen LogP contribution in [0.3, 0.4) is 0 Å². The lowest BCUT2D eigenvalue weighted by Crippen LogP contribution is -2.57. The molecule has 0 spiro atoms. The summed E-state index contributed by atoms with van der Waals surface area (Å²) in [5.41, 5.74) is 1.34. The van der Waals surface area contributed by atoms with Gasteiger partial charge in [-0.1, -0.05) is 48.5 Å². The van der Waals surface area contributed by atoms with E-state index in [-0.39, 0.29) is 23.6 Å². The number of benzene rings is 4. The molecule has 0 bridgehead atoms. The SMILES string of the molecule is COc1cc(C=C2C(=O)N(c3ccccc3)C(=O)N(c3ccccc3)C2=O)cc(Br)c1OCc1cccc([N+](=O)[O-])c1. The minimum absolute atomic E-state index is 0.0221. The van der Waals surface area contributed by atoms with Crippen LogP contribution in [-0.2, 0) is 16.2 Å². The van der Waals surface area contributed by atoms with E-state index in [2.05, 4.69) is 15.9 Å². The Labute approximate surface area is 248 Å². The molecule has 1 saturated heterocycles. The Kier molecular flexibility index (Phi) is 8.12. The first kappa shape index (κ1) is 28.2. The fourth-order valence-corrected chi connectivity index (χ4v) is 4.96. The van der Waals surface area contributed by atoms with Crippen LogP contribution in [0.5, 0.6) is 11.5 Å². The first-order valence-corrected chi connectivity index (χ1v) is 13.4. The van der Waals surface area contributed by atoms with Gasteiger partial charge in [0.15, 0.2) is 11.5 Å². The summed E-state index contributed by atoms with van der Waals surface area (Å²) in [6, 6.07) is 25.2. The van der Waals surface area contributed by atoms with Crippen molar-refractivity contribution >= 4 is 56.9 Å². The number of halogens is 1. The molecule has 0 N–H and O–H groups in total. The van der Waals surface area contributed by atoms with Crippen molar-refractivity contribution in [3.8, 4) is 11.5 Å². The number of non-ortho nitro benzene ring substituents is 1. The van der Waals surface area contributed by atoms with E-state index in [0.717, 1.165) is 9.80 Å². The number of nitro groups is 1. The van der Waals surface area contributed by atoms with Crippen molar-refractivity contribution in [1.82, 2.24) is 0 Å². The first-order valence-electron chi connectivity index (χ1n) is 12.6. The molecule has 1 heterocycles. The number of anilines is 2. The summed E-state index contributed by atoms with van der Waals surface area (Å²) in [4.78, 5) is 53.3. The van der Waals surface area contributed by atoms with Crippen molar-refractivity contribution in [3.63, 3.8) is 0 Å². The molecule has 10 nitrogen and oxygen atoms in total. The monoisotopic (exact) mass is 627 g/mol. The van der Waals surface area contributed by atoms with Crippen molar-refractivity contribution < 1.29 is 28.8 Å². The van der Waals surface area contributed by atoms with Gasteiger partial charge in [0.25, 0.3) is 17.5 Å². The quantitative estimate of drug-likeness (QED) is 0.0942. The summed E-state index contributed by atoms with van der Waals surface area (Å²) in [5.74, 6) is -0.943. The van der Waals surface area contributed by atoms with Crippen LogP contribution in [0.1, 0.15) is 11.1 Å².